The van der Waals surface area contributed by atoms with Crippen molar-refractivity contribution in [3.63, 3.8) is 0 Å². The Morgan fingerprint density at radius 2 is 1.20 bits per heavy atom. The Morgan fingerprint density at radius 3 is 1.67 bits per heavy atom. The molecule has 0 nitrogen and oxygen atoms in total. The predicted octanol–water partition coefficient (Wildman–Crippen LogP) is 2.95. The molecule has 0 aromatic heterocycles. The maximum absolute atomic E-state index is 2.77. The lowest BCUT2D eigenvalue weighted by Gasteiger charge is -2.03. The first-order valence-corrected chi connectivity index (χ1v) is 8.11. The Labute approximate surface area is 97.0 Å². The van der Waals surface area contributed by atoms with E-state index in [-0.39, 0.29) is 0 Å². The van der Waals surface area contributed by atoms with Gasteiger partial charge >= 0.3 is 0 Å². The molecule has 0 amide bonds. The van der Waals surface area contributed by atoms with Gasteiger partial charge in [0, 0.05) is 0 Å². The highest BCUT2D eigenvalue weighted by molar-refractivity contribution is 8.06. The summed E-state index contributed by atoms with van der Waals surface area (Å²) in [4.78, 5) is 0. The van der Waals surface area contributed by atoms with Gasteiger partial charge in [-0.05, 0) is 21.7 Å². The molecule has 0 aliphatic carbocycles. The zero-order valence-electron chi connectivity index (χ0n) is 8.27. The number of benzene rings is 2. The van der Waals surface area contributed by atoms with Gasteiger partial charge in [0.15, 0.2) is 0 Å². The molecule has 15 heavy (non-hydrogen) atoms. The number of hydrogen-bond acceptors (Lipinski definition) is 0. The maximum atomic E-state index is 2.77. The highest BCUT2D eigenvalue weighted by atomic mass is 32.0. The molecule has 2 rings (SSSR count). The largest absolute Gasteiger partial charge is 0.110 e. The summed E-state index contributed by atoms with van der Waals surface area (Å²) >= 11 is 0. The van der Waals surface area contributed by atoms with E-state index in [1.54, 1.807) is 0 Å². The van der Waals surface area contributed by atoms with Crippen LogP contribution in [0.15, 0.2) is 48.5 Å². The van der Waals surface area contributed by atoms with Gasteiger partial charge in [-0.3, -0.25) is 0 Å². The predicted molar refractivity (Wildman–Crippen MR) is 78.9 cm³/mol. The third-order valence-corrected chi connectivity index (χ3v) is 4.35. The zero-order valence-corrected chi connectivity index (χ0v) is 11.6. The van der Waals surface area contributed by atoms with Crippen molar-refractivity contribution in [3.8, 4) is 11.1 Å². The first-order valence-electron chi connectivity index (χ1n) is 4.72. The van der Waals surface area contributed by atoms with Crippen molar-refractivity contribution in [2.45, 2.75) is 0 Å². The highest BCUT2D eigenvalue weighted by Crippen LogP contribution is 2.22. The molecule has 2 aromatic carbocycles. The van der Waals surface area contributed by atoms with E-state index >= 15 is 0 Å². The van der Waals surface area contributed by atoms with Crippen LogP contribution in [-0.2, 0) is 0 Å². The second-order valence-electron chi connectivity index (χ2n) is 3.34. The van der Waals surface area contributed by atoms with Gasteiger partial charge in [-0.15, -0.1) is 18.2 Å². The van der Waals surface area contributed by atoms with Crippen molar-refractivity contribution in [3.05, 3.63) is 48.5 Å². The summed E-state index contributed by atoms with van der Waals surface area (Å²) in [5.74, 6) is 0. The van der Waals surface area contributed by atoms with Crippen LogP contribution in [0.2, 0.25) is 0 Å². The average Bonchev–Trinajstić information content (AvgIpc) is 2.30. The SMILES string of the molecule is PPc1ccc(-c2ccc(P)cc2)cc1. The van der Waals surface area contributed by atoms with E-state index in [2.05, 4.69) is 66.7 Å². The summed E-state index contributed by atoms with van der Waals surface area (Å²) in [6.45, 7) is 0. The van der Waals surface area contributed by atoms with Gasteiger partial charge in [-0.1, -0.05) is 56.8 Å². The van der Waals surface area contributed by atoms with Gasteiger partial charge in [0.2, 0.25) is 0 Å². The van der Waals surface area contributed by atoms with Gasteiger partial charge in [0.1, 0.15) is 0 Å². The minimum atomic E-state index is 0.795. The Balaban J connectivity index is 2.33. The topological polar surface area (TPSA) is 0 Å². The van der Waals surface area contributed by atoms with Gasteiger partial charge in [0.05, 0.1) is 0 Å². The van der Waals surface area contributed by atoms with Crippen LogP contribution in [0, 0.1) is 0 Å². The molecular formula is C12H13P3. The fourth-order valence-corrected chi connectivity index (χ4v) is 2.56. The van der Waals surface area contributed by atoms with Crippen LogP contribution in [-0.4, -0.2) is 0 Å². The van der Waals surface area contributed by atoms with Crippen molar-refractivity contribution in [2.24, 2.45) is 0 Å². The molecule has 3 unspecified atom stereocenters. The van der Waals surface area contributed by atoms with E-state index in [1.165, 1.54) is 21.7 Å². The van der Waals surface area contributed by atoms with Crippen molar-refractivity contribution in [1.29, 1.82) is 0 Å². The Kier molecular flexibility index (Phi) is 3.87. The van der Waals surface area contributed by atoms with Crippen LogP contribution < -0.4 is 10.6 Å². The highest BCUT2D eigenvalue weighted by Gasteiger charge is 1.96. The summed E-state index contributed by atoms with van der Waals surface area (Å²) in [7, 11) is 6.27. The monoisotopic (exact) mass is 250 g/mol. The Morgan fingerprint density at radius 1 is 0.733 bits per heavy atom. The lowest BCUT2D eigenvalue weighted by atomic mass is 10.1. The minimum Gasteiger partial charge on any atom is -0.110 e. The summed E-state index contributed by atoms with van der Waals surface area (Å²) in [5.41, 5.74) is 2.56. The van der Waals surface area contributed by atoms with E-state index in [9.17, 15) is 0 Å². The quantitative estimate of drug-likeness (QED) is 0.719. The molecule has 0 saturated heterocycles. The number of hydrogen-bond donors (Lipinski definition) is 0. The van der Waals surface area contributed by atoms with E-state index in [0.29, 0.717) is 0 Å². The molecule has 0 saturated carbocycles. The van der Waals surface area contributed by atoms with E-state index < -0.39 is 0 Å². The van der Waals surface area contributed by atoms with Crippen LogP contribution in [0.3, 0.4) is 0 Å². The van der Waals surface area contributed by atoms with Crippen LogP contribution in [0.4, 0.5) is 0 Å². The third kappa shape index (κ3) is 2.85. The summed E-state index contributed by atoms with van der Waals surface area (Å²) in [6.07, 6.45) is 0. The lowest BCUT2D eigenvalue weighted by Crippen LogP contribution is -1.91. The first kappa shape index (κ1) is 11.2. The fraction of sp³-hybridized carbons (Fsp3) is 0. The summed E-state index contributed by atoms with van der Waals surface area (Å²) in [5, 5.41) is 2.60. The molecule has 3 heteroatoms. The van der Waals surface area contributed by atoms with Crippen LogP contribution >= 0.6 is 26.4 Å². The van der Waals surface area contributed by atoms with Crippen molar-refractivity contribution < 1.29 is 0 Å². The second-order valence-corrected chi connectivity index (χ2v) is 5.74. The Bertz CT molecular complexity index is 431. The molecule has 0 N–H and O–H groups in total. The van der Waals surface area contributed by atoms with Gasteiger partial charge in [0.25, 0.3) is 0 Å². The summed E-state index contributed by atoms with van der Waals surface area (Å²) < 4.78 is 0. The van der Waals surface area contributed by atoms with Gasteiger partial charge < -0.3 is 0 Å². The smallest absolute Gasteiger partial charge is 0.0184 e. The van der Waals surface area contributed by atoms with E-state index in [1.807, 2.05) is 0 Å². The molecule has 0 aliphatic rings. The molecule has 0 heterocycles. The van der Waals surface area contributed by atoms with Crippen molar-refractivity contribution >= 4 is 37.0 Å². The molecule has 0 bridgehead atoms. The summed E-state index contributed by atoms with van der Waals surface area (Å²) in [6, 6.07) is 17.3. The molecule has 0 fully saturated rings. The molecule has 76 valence electrons. The molecular weight excluding hydrogens is 237 g/mol. The fourth-order valence-electron chi connectivity index (χ4n) is 1.43. The molecule has 0 spiro atoms. The average molecular weight is 250 g/mol. The van der Waals surface area contributed by atoms with Crippen molar-refractivity contribution in [2.75, 3.05) is 0 Å². The van der Waals surface area contributed by atoms with Crippen LogP contribution in [0.5, 0.6) is 0 Å². The third-order valence-electron chi connectivity index (χ3n) is 2.30. The van der Waals surface area contributed by atoms with E-state index in [4.69, 9.17) is 0 Å². The zero-order chi connectivity index (χ0) is 10.7. The lowest BCUT2D eigenvalue weighted by molar-refractivity contribution is 1.66. The molecule has 2 aromatic rings. The first-order chi connectivity index (χ1) is 7.29. The van der Waals surface area contributed by atoms with Crippen LogP contribution in [0.25, 0.3) is 11.1 Å². The second kappa shape index (κ2) is 5.18. The van der Waals surface area contributed by atoms with Gasteiger partial charge in [-0.2, -0.15) is 0 Å². The molecule has 0 radical (unpaired) electrons. The maximum Gasteiger partial charge on any atom is -0.0184 e. The minimum absolute atomic E-state index is 0.795. The van der Waals surface area contributed by atoms with E-state index in [0.717, 1.165) is 8.27 Å². The Hall–Kier alpha value is -0.270. The van der Waals surface area contributed by atoms with Gasteiger partial charge in [-0.25, -0.2) is 0 Å². The number of rotatable bonds is 2. The molecule has 3 atom stereocenters. The normalized spacial score (nSPS) is 11.1. The van der Waals surface area contributed by atoms with Crippen molar-refractivity contribution in [1.82, 2.24) is 0 Å². The standard InChI is InChI=1S/C12H13P3/c13-11-5-1-9(2-6-11)10-3-7-12(15-14)8-4-10/h1-8,15H,13-14H2. The van der Waals surface area contributed by atoms with Crippen LogP contribution in [0.1, 0.15) is 0 Å². The molecule has 0 aliphatic heterocycles.